The number of anilines is 2. The SMILES string of the molecule is COc1ccc(C(=O)Nc2ccc(NCCC(C)C)cn2)cc1OC. The Morgan fingerprint density at radius 1 is 1.12 bits per heavy atom. The molecule has 0 saturated heterocycles. The van der Waals surface area contributed by atoms with Crippen molar-refractivity contribution in [3.8, 4) is 11.5 Å². The number of nitrogens with one attached hydrogen (secondary N) is 2. The summed E-state index contributed by atoms with van der Waals surface area (Å²) in [7, 11) is 3.09. The maximum Gasteiger partial charge on any atom is 0.256 e. The molecule has 0 spiro atoms. The molecular weight excluding hydrogens is 318 g/mol. The molecule has 0 bridgehead atoms. The Kier molecular flexibility index (Phi) is 6.62. The van der Waals surface area contributed by atoms with E-state index in [0.717, 1.165) is 18.7 Å². The molecule has 1 heterocycles. The number of benzene rings is 1. The van der Waals surface area contributed by atoms with Gasteiger partial charge in [-0.3, -0.25) is 4.79 Å². The molecule has 2 N–H and O–H groups in total. The van der Waals surface area contributed by atoms with Crippen LogP contribution in [0.4, 0.5) is 11.5 Å². The van der Waals surface area contributed by atoms with E-state index < -0.39 is 0 Å². The standard InChI is InChI=1S/C19H25N3O3/c1-13(2)9-10-20-15-6-8-18(21-12-15)22-19(23)14-5-7-16(24-3)17(11-14)25-4/h5-8,11-13,20H,9-10H2,1-4H3,(H,21,22,23). The molecule has 2 rings (SSSR count). The van der Waals surface area contributed by atoms with Crippen molar-refractivity contribution in [2.24, 2.45) is 5.92 Å². The monoisotopic (exact) mass is 343 g/mol. The predicted octanol–water partition coefficient (Wildman–Crippen LogP) is 3.81. The van der Waals surface area contributed by atoms with Gasteiger partial charge in [-0.1, -0.05) is 13.8 Å². The third kappa shape index (κ3) is 5.38. The number of carbonyl (C=O) groups is 1. The van der Waals surface area contributed by atoms with E-state index in [1.807, 2.05) is 6.07 Å². The molecule has 6 nitrogen and oxygen atoms in total. The van der Waals surface area contributed by atoms with E-state index in [9.17, 15) is 4.79 Å². The third-order valence-corrected chi connectivity index (χ3v) is 3.70. The number of amides is 1. The van der Waals surface area contributed by atoms with Gasteiger partial charge >= 0.3 is 0 Å². The highest BCUT2D eigenvalue weighted by molar-refractivity contribution is 6.04. The molecule has 0 atom stereocenters. The largest absolute Gasteiger partial charge is 0.493 e. The molecule has 0 aliphatic heterocycles. The molecule has 0 fully saturated rings. The Bertz CT molecular complexity index is 700. The minimum Gasteiger partial charge on any atom is -0.493 e. The van der Waals surface area contributed by atoms with Crippen molar-refractivity contribution in [1.29, 1.82) is 0 Å². The molecular formula is C19H25N3O3. The van der Waals surface area contributed by atoms with Gasteiger partial charge in [-0.25, -0.2) is 4.98 Å². The topological polar surface area (TPSA) is 72.5 Å². The van der Waals surface area contributed by atoms with Gasteiger partial charge in [0.25, 0.3) is 5.91 Å². The number of hydrogen-bond donors (Lipinski definition) is 2. The van der Waals surface area contributed by atoms with E-state index in [4.69, 9.17) is 9.47 Å². The Labute approximate surface area is 148 Å². The molecule has 6 heteroatoms. The summed E-state index contributed by atoms with van der Waals surface area (Å²) in [5, 5.41) is 6.08. The van der Waals surface area contributed by atoms with Gasteiger partial charge in [-0.05, 0) is 42.7 Å². The molecule has 0 saturated carbocycles. The van der Waals surface area contributed by atoms with Crippen molar-refractivity contribution >= 4 is 17.4 Å². The Morgan fingerprint density at radius 3 is 2.48 bits per heavy atom. The van der Waals surface area contributed by atoms with Gasteiger partial charge in [0.15, 0.2) is 11.5 Å². The fourth-order valence-corrected chi connectivity index (χ4v) is 2.24. The van der Waals surface area contributed by atoms with E-state index >= 15 is 0 Å². The molecule has 134 valence electrons. The van der Waals surface area contributed by atoms with Crippen LogP contribution in [-0.4, -0.2) is 31.7 Å². The van der Waals surface area contributed by atoms with Gasteiger partial charge in [-0.15, -0.1) is 0 Å². The first kappa shape index (κ1) is 18.6. The predicted molar refractivity (Wildman–Crippen MR) is 99.7 cm³/mol. The minimum atomic E-state index is -0.256. The lowest BCUT2D eigenvalue weighted by Gasteiger charge is -2.11. The second-order valence-electron chi connectivity index (χ2n) is 6.07. The number of ether oxygens (including phenoxy) is 2. The van der Waals surface area contributed by atoms with E-state index in [0.29, 0.717) is 28.8 Å². The summed E-state index contributed by atoms with van der Waals surface area (Å²) < 4.78 is 10.4. The molecule has 1 aromatic heterocycles. The van der Waals surface area contributed by atoms with Crippen LogP contribution in [0.3, 0.4) is 0 Å². The normalized spacial score (nSPS) is 10.4. The first-order valence-electron chi connectivity index (χ1n) is 8.26. The molecule has 25 heavy (non-hydrogen) atoms. The van der Waals surface area contributed by atoms with Gasteiger partial charge in [-0.2, -0.15) is 0 Å². The summed E-state index contributed by atoms with van der Waals surface area (Å²) in [4.78, 5) is 16.6. The van der Waals surface area contributed by atoms with Crippen molar-refractivity contribution in [3.63, 3.8) is 0 Å². The van der Waals surface area contributed by atoms with Gasteiger partial charge < -0.3 is 20.1 Å². The van der Waals surface area contributed by atoms with E-state index in [2.05, 4.69) is 29.5 Å². The van der Waals surface area contributed by atoms with Crippen molar-refractivity contribution < 1.29 is 14.3 Å². The zero-order valence-electron chi connectivity index (χ0n) is 15.1. The first-order valence-corrected chi connectivity index (χ1v) is 8.26. The third-order valence-electron chi connectivity index (χ3n) is 3.70. The van der Waals surface area contributed by atoms with Gasteiger partial charge in [0.1, 0.15) is 5.82 Å². The van der Waals surface area contributed by atoms with Crippen molar-refractivity contribution in [3.05, 3.63) is 42.1 Å². The Morgan fingerprint density at radius 2 is 1.88 bits per heavy atom. The summed E-state index contributed by atoms with van der Waals surface area (Å²) in [5.41, 5.74) is 1.41. The van der Waals surface area contributed by atoms with Crippen LogP contribution in [0.5, 0.6) is 11.5 Å². The summed E-state index contributed by atoms with van der Waals surface area (Å²) in [6, 6.07) is 8.69. The summed E-state index contributed by atoms with van der Waals surface area (Å²) >= 11 is 0. The van der Waals surface area contributed by atoms with Crippen molar-refractivity contribution in [2.75, 3.05) is 31.4 Å². The van der Waals surface area contributed by atoms with Crippen LogP contribution < -0.4 is 20.1 Å². The number of carbonyl (C=O) groups excluding carboxylic acids is 1. The second kappa shape index (κ2) is 8.92. The molecule has 0 unspecified atom stereocenters. The highest BCUT2D eigenvalue weighted by Gasteiger charge is 2.11. The maximum absolute atomic E-state index is 12.4. The second-order valence-corrected chi connectivity index (χ2v) is 6.07. The Hall–Kier alpha value is -2.76. The van der Waals surface area contributed by atoms with Gasteiger partial charge in [0.2, 0.25) is 0 Å². The highest BCUT2D eigenvalue weighted by atomic mass is 16.5. The molecule has 0 radical (unpaired) electrons. The van der Waals surface area contributed by atoms with E-state index in [1.54, 1.807) is 37.6 Å². The van der Waals surface area contributed by atoms with Gasteiger partial charge in [0.05, 0.1) is 26.1 Å². The van der Waals surface area contributed by atoms with E-state index in [1.165, 1.54) is 7.11 Å². The average Bonchev–Trinajstić information content (AvgIpc) is 2.62. The van der Waals surface area contributed by atoms with Crippen LogP contribution >= 0.6 is 0 Å². The lowest BCUT2D eigenvalue weighted by Crippen LogP contribution is -2.13. The zero-order chi connectivity index (χ0) is 18.2. The van der Waals surface area contributed by atoms with Crippen LogP contribution in [0, 0.1) is 5.92 Å². The number of hydrogen-bond acceptors (Lipinski definition) is 5. The first-order chi connectivity index (χ1) is 12.0. The van der Waals surface area contributed by atoms with Crippen LogP contribution in [0.15, 0.2) is 36.5 Å². The number of methoxy groups -OCH3 is 2. The molecule has 0 aliphatic rings. The molecule has 2 aromatic rings. The van der Waals surface area contributed by atoms with Crippen LogP contribution in [0.1, 0.15) is 30.6 Å². The molecule has 1 amide bonds. The lowest BCUT2D eigenvalue weighted by atomic mass is 10.1. The van der Waals surface area contributed by atoms with Gasteiger partial charge in [0, 0.05) is 12.1 Å². The number of rotatable bonds is 8. The molecule has 0 aliphatic carbocycles. The zero-order valence-corrected chi connectivity index (χ0v) is 15.1. The van der Waals surface area contributed by atoms with Crippen molar-refractivity contribution in [1.82, 2.24) is 4.98 Å². The average molecular weight is 343 g/mol. The minimum absolute atomic E-state index is 0.256. The van der Waals surface area contributed by atoms with Crippen LogP contribution in [0.25, 0.3) is 0 Å². The summed E-state index contributed by atoms with van der Waals surface area (Å²) in [6.07, 6.45) is 2.81. The summed E-state index contributed by atoms with van der Waals surface area (Å²) in [5.74, 6) is 1.98. The van der Waals surface area contributed by atoms with Crippen LogP contribution in [0.2, 0.25) is 0 Å². The fraction of sp³-hybridized carbons (Fsp3) is 0.368. The number of aromatic nitrogens is 1. The summed E-state index contributed by atoms with van der Waals surface area (Å²) in [6.45, 7) is 5.27. The molecule has 1 aromatic carbocycles. The smallest absolute Gasteiger partial charge is 0.256 e. The number of nitrogens with zero attached hydrogens (tertiary/aromatic N) is 1. The maximum atomic E-state index is 12.4. The quantitative estimate of drug-likeness (QED) is 0.762. The van der Waals surface area contributed by atoms with Crippen molar-refractivity contribution in [2.45, 2.75) is 20.3 Å². The fourth-order valence-electron chi connectivity index (χ4n) is 2.24. The lowest BCUT2D eigenvalue weighted by molar-refractivity contribution is 0.102. The number of pyridine rings is 1. The van der Waals surface area contributed by atoms with E-state index in [-0.39, 0.29) is 5.91 Å². The Balaban J connectivity index is 1.98. The highest BCUT2D eigenvalue weighted by Crippen LogP contribution is 2.27. The van der Waals surface area contributed by atoms with Crippen LogP contribution in [-0.2, 0) is 0 Å².